The van der Waals surface area contributed by atoms with Crippen LogP contribution >= 0.6 is 0 Å². The van der Waals surface area contributed by atoms with Gasteiger partial charge in [-0.15, -0.1) is 0 Å². The molecule has 0 radical (unpaired) electrons. The standard InChI is InChI=1S/C14H20N2O2S/c1-2-12-6-7-14(10-13(12)11-15)19(17,18)16-8-4-3-5-9-16/h3-4,6-7,10H,2,5,8-9,11,15H2,1H3. The van der Waals surface area contributed by atoms with Crippen molar-refractivity contribution >= 4 is 10.0 Å². The van der Waals surface area contributed by atoms with Crippen molar-refractivity contribution in [2.75, 3.05) is 13.1 Å². The molecule has 1 aromatic rings. The van der Waals surface area contributed by atoms with E-state index in [9.17, 15) is 8.42 Å². The minimum absolute atomic E-state index is 0.348. The molecule has 1 heterocycles. The van der Waals surface area contributed by atoms with Gasteiger partial charge in [-0.05, 0) is 36.1 Å². The molecule has 0 saturated heterocycles. The maximum Gasteiger partial charge on any atom is 0.243 e. The summed E-state index contributed by atoms with van der Waals surface area (Å²) >= 11 is 0. The third kappa shape index (κ3) is 2.88. The molecular formula is C14H20N2O2S. The number of hydrogen-bond acceptors (Lipinski definition) is 3. The number of nitrogens with two attached hydrogens (primary N) is 1. The minimum Gasteiger partial charge on any atom is -0.326 e. The normalized spacial score (nSPS) is 16.7. The van der Waals surface area contributed by atoms with Crippen LogP contribution in [-0.2, 0) is 23.0 Å². The number of nitrogens with zero attached hydrogens (tertiary/aromatic N) is 1. The average Bonchev–Trinajstić information content (AvgIpc) is 2.47. The Balaban J connectivity index is 2.37. The van der Waals surface area contributed by atoms with Gasteiger partial charge in [0, 0.05) is 19.6 Å². The molecule has 0 aromatic heterocycles. The van der Waals surface area contributed by atoms with Crippen LogP contribution in [0.1, 0.15) is 24.5 Å². The largest absolute Gasteiger partial charge is 0.326 e. The molecule has 0 saturated carbocycles. The average molecular weight is 280 g/mol. The molecule has 0 aliphatic carbocycles. The Kier molecular flexibility index (Phi) is 4.39. The predicted molar refractivity (Wildman–Crippen MR) is 76.2 cm³/mol. The summed E-state index contributed by atoms with van der Waals surface area (Å²) in [5.41, 5.74) is 7.72. The molecule has 0 fully saturated rings. The molecule has 2 N–H and O–H groups in total. The summed E-state index contributed by atoms with van der Waals surface area (Å²) < 4.78 is 26.5. The highest BCUT2D eigenvalue weighted by Crippen LogP contribution is 2.21. The van der Waals surface area contributed by atoms with Crippen LogP contribution in [0.3, 0.4) is 0 Å². The molecule has 5 heteroatoms. The quantitative estimate of drug-likeness (QED) is 0.853. The van der Waals surface area contributed by atoms with Crippen molar-refractivity contribution in [1.82, 2.24) is 4.31 Å². The summed E-state index contributed by atoms with van der Waals surface area (Å²) in [4.78, 5) is 0.348. The summed E-state index contributed by atoms with van der Waals surface area (Å²) in [7, 11) is -3.39. The third-order valence-corrected chi connectivity index (χ3v) is 5.30. The summed E-state index contributed by atoms with van der Waals surface area (Å²) in [6.45, 7) is 3.41. The van der Waals surface area contributed by atoms with Crippen LogP contribution in [0.15, 0.2) is 35.2 Å². The van der Waals surface area contributed by atoms with Gasteiger partial charge >= 0.3 is 0 Å². The third-order valence-electron chi connectivity index (χ3n) is 3.44. The molecule has 2 rings (SSSR count). The maximum absolute atomic E-state index is 12.5. The van der Waals surface area contributed by atoms with E-state index in [1.807, 2.05) is 25.1 Å². The predicted octanol–water partition coefficient (Wildman–Crippen LogP) is 1.66. The number of sulfonamides is 1. The highest BCUT2D eigenvalue weighted by Gasteiger charge is 2.24. The molecule has 19 heavy (non-hydrogen) atoms. The topological polar surface area (TPSA) is 63.4 Å². The van der Waals surface area contributed by atoms with Gasteiger partial charge in [-0.2, -0.15) is 4.31 Å². The zero-order valence-corrected chi connectivity index (χ0v) is 12.0. The van der Waals surface area contributed by atoms with Crippen molar-refractivity contribution in [3.63, 3.8) is 0 Å². The van der Waals surface area contributed by atoms with Gasteiger partial charge in [0.1, 0.15) is 0 Å². The molecule has 0 atom stereocenters. The number of aryl methyl sites for hydroxylation is 1. The van der Waals surface area contributed by atoms with Crippen molar-refractivity contribution in [3.05, 3.63) is 41.5 Å². The number of hydrogen-bond donors (Lipinski definition) is 1. The smallest absolute Gasteiger partial charge is 0.243 e. The SMILES string of the molecule is CCc1ccc(S(=O)(=O)N2CC=CCC2)cc1CN. The van der Waals surface area contributed by atoms with E-state index in [1.54, 1.807) is 12.1 Å². The zero-order chi connectivity index (χ0) is 13.9. The van der Waals surface area contributed by atoms with Gasteiger partial charge in [0.15, 0.2) is 0 Å². The van der Waals surface area contributed by atoms with E-state index in [-0.39, 0.29) is 0 Å². The maximum atomic E-state index is 12.5. The Morgan fingerprint density at radius 1 is 1.26 bits per heavy atom. The molecular weight excluding hydrogens is 260 g/mol. The summed E-state index contributed by atoms with van der Waals surface area (Å²) in [5, 5.41) is 0. The van der Waals surface area contributed by atoms with Gasteiger partial charge in [-0.25, -0.2) is 8.42 Å². The van der Waals surface area contributed by atoms with E-state index in [0.29, 0.717) is 24.5 Å². The Hall–Kier alpha value is -1.17. The lowest BCUT2D eigenvalue weighted by Crippen LogP contribution is -2.33. The van der Waals surface area contributed by atoms with E-state index in [1.165, 1.54) is 4.31 Å². The molecule has 1 aliphatic rings. The second-order valence-corrected chi connectivity index (χ2v) is 6.55. The number of rotatable bonds is 4. The highest BCUT2D eigenvalue weighted by atomic mass is 32.2. The summed E-state index contributed by atoms with van der Waals surface area (Å²) in [5.74, 6) is 0. The van der Waals surface area contributed by atoms with Crippen LogP contribution in [-0.4, -0.2) is 25.8 Å². The van der Waals surface area contributed by atoms with Crippen LogP contribution < -0.4 is 5.73 Å². The Morgan fingerprint density at radius 3 is 2.63 bits per heavy atom. The molecule has 1 aliphatic heterocycles. The van der Waals surface area contributed by atoms with Gasteiger partial charge in [-0.3, -0.25) is 0 Å². The van der Waals surface area contributed by atoms with Crippen molar-refractivity contribution < 1.29 is 8.42 Å². The van der Waals surface area contributed by atoms with Crippen LogP contribution in [0.25, 0.3) is 0 Å². The van der Waals surface area contributed by atoms with Crippen LogP contribution in [0.4, 0.5) is 0 Å². The van der Waals surface area contributed by atoms with Gasteiger partial charge in [0.05, 0.1) is 4.90 Å². The first-order valence-electron chi connectivity index (χ1n) is 6.56. The van der Waals surface area contributed by atoms with Crippen molar-refractivity contribution in [3.8, 4) is 0 Å². The summed E-state index contributed by atoms with van der Waals surface area (Å²) in [6.07, 6.45) is 5.54. The first-order chi connectivity index (χ1) is 9.09. The van der Waals surface area contributed by atoms with E-state index >= 15 is 0 Å². The molecule has 104 valence electrons. The van der Waals surface area contributed by atoms with Crippen molar-refractivity contribution in [1.29, 1.82) is 0 Å². The lowest BCUT2D eigenvalue weighted by atomic mass is 10.1. The van der Waals surface area contributed by atoms with Gasteiger partial charge in [-0.1, -0.05) is 25.1 Å². The lowest BCUT2D eigenvalue weighted by Gasteiger charge is -2.23. The van der Waals surface area contributed by atoms with Crippen molar-refractivity contribution in [2.24, 2.45) is 5.73 Å². The van der Waals surface area contributed by atoms with E-state index in [0.717, 1.165) is 24.0 Å². The first kappa shape index (κ1) is 14.2. The van der Waals surface area contributed by atoms with E-state index < -0.39 is 10.0 Å². The van der Waals surface area contributed by atoms with Crippen LogP contribution in [0, 0.1) is 0 Å². The molecule has 1 aromatic carbocycles. The van der Waals surface area contributed by atoms with Gasteiger partial charge < -0.3 is 5.73 Å². The second-order valence-electron chi connectivity index (χ2n) is 4.61. The minimum atomic E-state index is -3.39. The molecule has 0 spiro atoms. The van der Waals surface area contributed by atoms with Crippen LogP contribution in [0.5, 0.6) is 0 Å². The molecule has 0 amide bonds. The Labute approximate surface area is 115 Å². The Bertz CT molecular complexity index is 579. The monoisotopic (exact) mass is 280 g/mol. The van der Waals surface area contributed by atoms with Crippen molar-refractivity contribution in [2.45, 2.75) is 31.2 Å². The molecule has 0 bridgehead atoms. The Morgan fingerprint density at radius 2 is 2.05 bits per heavy atom. The second kappa shape index (κ2) is 5.86. The molecule has 0 unspecified atom stereocenters. The highest BCUT2D eigenvalue weighted by molar-refractivity contribution is 7.89. The fourth-order valence-corrected chi connectivity index (χ4v) is 3.74. The molecule has 4 nitrogen and oxygen atoms in total. The van der Waals surface area contributed by atoms with Crippen LogP contribution in [0.2, 0.25) is 0 Å². The fourth-order valence-electron chi connectivity index (χ4n) is 2.28. The first-order valence-corrected chi connectivity index (χ1v) is 8.00. The van der Waals surface area contributed by atoms with E-state index in [4.69, 9.17) is 5.73 Å². The van der Waals surface area contributed by atoms with Gasteiger partial charge in [0.2, 0.25) is 10.0 Å². The summed E-state index contributed by atoms with van der Waals surface area (Å²) in [6, 6.07) is 5.27. The van der Waals surface area contributed by atoms with E-state index in [2.05, 4.69) is 0 Å². The zero-order valence-electron chi connectivity index (χ0n) is 11.2. The number of benzene rings is 1. The fraction of sp³-hybridized carbons (Fsp3) is 0.429. The lowest BCUT2D eigenvalue weighted by molar-refractivity contribution is 0.437. The van der Waals surface area contributed by atoms with Gasteiger partial charge in [0.25, 0.3) is 0 Å².